The first-order valence-corrected chi connectivity index (χ1v) is 9.47. The molecule has 0 fully saturated rings. The number of aromatic nitrogens is 2. The highest BCUT2D eigenvalue weighted by Crippen LogP contribution is 2.23. The van der Waals surface area contributed by atoms with Crippen molar-refractivity contribution < 1.29 is 23.2 Å². The third kappa shape index (κ3) is 4.56. The van der Waals surface area contributed by atoms with Crippen LogP contribution in [0.1, 0.15) is 40.2 Å². The van der Waals surface area contributed by atoms with Crippen LogP contribution in [0.5, 0.6) is 0 Å². The maximum atomic E-state index is 13.0. The van der Waals surface area contributed by atoms with E-state index in [1.807, 2.05) is 12.1 Å². The second-order valence-electron chi connectivity index (χ2n) is 6.94. The average Bonchev–Trinajstić information content (AvgIpc) is 3.40. The Hall–Kier alpha value is -3.35. The van der Waals surface area contributed by atoms with Crippen molar-refractivity contribution in [2.24, 2.45) is 0 Å². The number of hydrogen-bond acceptors (Lipinski definition) is 6. The molecular weight excluding hydrogens is 375 g/mol. The Morgan fingerprint density at radius 3 is 2.69 bits per heavy atom. The van der Waals surface area contributed by atoms with Crippen molar-refractivity contribution in [2.45, 2.75) is 32.1 Å². The minimum absolute atomic E-state index is 0.0164. The van der Waals surface area contributed by atoms with E-state index in [9.17, 15) is 14.0 Å². The van der Waals surface area contributed by atoms with Crippen molar-refractivity contribution in [2.75, 3.05) is 6.61 Å². The molecule has 0 N–H and O–H groups in total. The zero-order chi connectivity index (χ0) is 20.2. The topological polar surface area (TPSA) is 82.3 Å². The number of rotatable bonds is 7. The van der Waals surface area contributed by atoms with Gasteiger partial charge in [0, 0.05) is 17.5 Å². The van der Waals surface area contributed by atoms with E-state index in [1.165, 1.54) is 23.3 Å². The molecule has 0 spiro atoms. The number of benzene rings is 2. The first-order chi connectivity index (χ1) is 14.1. The number of carbonyl (C=O) groups excluding carboxylic acids is 2. The Kier molecular flexibility index (Phi) is 5.46. The molecule has 6 nitrogen and oxygen atoms in total. The number of aryl methyl sites for hydroxylation is 3. The number of nitrogens with zero attached hydrogens (tertiary/aromatic N) is 2. The summed E-state index contributed by atoms with van der Waals surface area (Å²) in [6.45, 7) is -0.289. The van der Waals surface area contributed by atoms with Crippen molar-refractivity contribution in [3.05, 3.63) is 70.9 Å². The molecule has 0 bridgehead atoms. The number of esters is 1. The second kappa shape index (κ2) is 8.34. The van der Waals surface area contributed by atoms with Gasteiger partial charge in [0.2, 0.25) is 11.7 Å². The van der Waals surface area contributed by atoms with E-state index in [4.69, 9.17) is 9.26 Å². The lowest BCUT2D eigenvalue weighted by Crippen LogP contribution is -2.14. The van der Waals surface area contributed by atoms with Crippen molar-refractivity contribution in [1.82, 2.24) is 10.1 Å². The molecule has 148 valence electrons. The standard InChI is InChI=1S/C22H19FN2O4/c23-18-8-6-15(7-9-18)22-24-20(29-25-22)10-11-21(27)28-13-19(26)17-5-4-14-2-1-3-16(14)12-17/h4-9,12H,1-3,10-11,13H2. The van der Waals surface area contributed by atoms with Gasteiger partial charge in [-0.2, -0.15) is 4.98 Å². The first kappa shape index (κ1) is 19.0. The van der Waals surface area contributed by atoms with Crippen LogP contribution in [-0.2, 0) is 28.8 Å². The van der Waals surface area contributed by atoms with Gasteiger partial charge in [0.15, 0.2) is 12.4 Å². The van der Waals surface area contributed by atoms with E-state index in [2.05, 4.69) is 10.1 Å². The second-order valence-corrected chi connectivity index (χ2v) is 6.94. The minimum Gasteiger partial charge on any atom is -0.457 e. The van der Waals surface area contributed by atoms with Crippen LogP contribution in [0.25, 0.3) is 11.4 Å². The molecule has 2 aromatic carbocycles. The first-order valence-electron chi connectivity index (χ1n) is 9.47. The summed E-state index contributed by atoms with van der Waals surface area (Å²) < 4.78 is 23.2. The number of halogens is 1. The number of fused-ring (bicyclic) bond motifs is 1. The predicted molar refractivity (Wildman–Crippen MR) is 102 cm³/mol. The van der Waals surface area contributed by atoms with E-state index in [-0.39, 0.29) is 36.9 Å². The normalized spacial score (nSPS) is 12.6. The molecule has 4 rings (SSSR count). The zero-order valence-electron chi connectivity index (χ0n) is 15.7. The van der Waals surface area contributed by atoms with Gasteiger partial charge in [-0.25, -0.2) is 4.39 Å². The van der Waals surface area contributed by atoms with E-state index in [1.54, 1.807) is 18.2 Å². The van der Waals surface area contributed by atoms with Gasteiger partial charge in [0.05, 0.1) is 6.42 Å². The SMILES string of the molecule is O=C(CCc1nc(-c2ccc(F)cc2)no1)OCC(=O)c1ccc2c(c1)CCC2. The summed E-state index contributed by atoms with van der Waals surface area (Å²) in [6.07, 6.45) is 3.36. The highest BCUT2D eigenvalue weighted by atomic mass is 19.1. The van der Waals surface area contributed by atoms with Crippen LogP contribution >= 0.6 is 0 Å². The fourth-order valence-corrected chi connectivity index (χ4v) is 3.33. The number of carbonyl (C=O) groups is 2. The molecule has 0 unspecified atom stereocenters. The minimum atomic E-state index is -0.513. The lowest BCUT2D eigenvalue weighted by molar-refractivity contribution is -0.142. The number of hydrogen-bond donors (Lipinski definition) is 0. The van der Waals surface area contributed by atoms with Crippen molar-refractivity contribution in [3.63, 3.8) is 0 Å². The fraction of sp³-hybridized carbons (Fsp3) is 0.273. The van der Waals surface area contributed by atoms with Crippen LogP contribution in [0, 0.1) is 5.82 Å². The van der Waals surface area contributed by atoms with Crippen LogP contribution in [0.3, 0.4) is 0 Å². The van der Waals surface area contributed by atoms with Gasteiger partial charge in [-0.05, 0) is 60.7 Å². The quantitative estimate of drug-likeness (QED) is 0.449. The third-order valence-corrected chi connectivity index (χ3v) is 4.90. The fourth-order valence-electron chi connectivity index (χ4n) is 3.33. The number of ketones is 1. The Morgan fingerprint density at radius 2 is 1.86 bits per heavy atom. The molecule has 0 saturated carbocycles. The Labute approximate surface area is 166 Å². The summed E-state index contributed by atoms with van der Waals surface area (Å²) in [4.78, 5) is 28.4. The molecule has 0 amide bonds. The van der Waals surface area contributed by atoms with Gasteiger partial charge in [0.25, 0.3) is 0 Å². The van der Waals surface area contributed by atoms with E-state index in [0.717, 1.165) is 19.3 Å². The van der Waals surface area contributed by atoms with Gasteiger partial charge in [0.1, 0.15) is 5.82 Å². The van der Waals surface area contributed by atoms with Gasteiger partial charge in [-0.15, -0.1) is 0 Å². The van der Waals surface area contributed by atoms with Gasteiger partial charge < -0.3 is 9.26 Å². The van der Waals surface area contributed by atoms with Gasteiger partial charge in [-0.3, -0.25) is 9.59 Å². The van der Waals surface area contributed by atoms with Gasteiger partial charge in [-0.1, -0.05) is 17.3 Å². The van der Waals surface area contributed by atoms with Crippen LogP contribution in [0.2, 0.25) is 0 Å². The molecule has 3 aromatic rings. The lowest BCUT2D eigenvalue weighted by Gasteiger charge is -2.05. The van der Waals surface area contributed by atoms with Crippen molar-refractivity contribution in [3.8, 4) is 11.4 Å². The smallest absolute Gasteiger partial charge is 0.306 e. The molecular formula is C22H19FN2O4. The molecule has 0 saturated heterocycles. The predicted octanol–water partition coefficient (Wildman–Crippen LogP) is 3.72. The molecule has 29 heavy (non-hydrogen) atoms. The Bertz CT molecular complexity index is 1040. The Morgan fingerprint density at radius 1 is 1.07 bits per heavy atom. The largest absolute Gasteiger partial charge is 0.457 e. The van der Waals surface area contributed by atoms with Crippen LogP contribution in [0.15, 0.2) is 47.0 Å². The third-order valence-electron chi connectivity index (χ3n) is 4.90. The molecule has 0 radical (unpaired) electrons. The molecule has 1 heterocycles. The molecule has 7 heteroatoms. The van der Waals surface area contributed by atoms with Crippen LogP contribution < -0.4 is 0 Å². The monoisotopic (exact) mass is 394 g/mol. The highest BCUT2D eigenvalue weighted by molar-refractivity contribution is 5.98. The summed E-state index contributed by atoms with van der Waals surface area (Å²) >= 11 is 0. The molecule has 1 aliphatic rings. The summed E-state index contributed by atoms with van der Waals surface area (Å²) in [6, 6.07) is 11.4. The summed E-state index contributed by atoms with van der Waals surface area (Å²) in [5, 5.41) is 3.82. The van der Waals surface area contributed by atoms with E-state index >= 15 is 0 Å². The Balaban J connectivity index is 1.26. The summed E-state index contributed by atoms with van der Waals surface area (Å²) in [5.74, 6) is -0.494. The average molecular weight is 394 g/mol. The lowest BCUT2D eigenvalue weighted by atomic mass is 10.0. The molecule has 1 aliphatic carbocycles. The van der Waals surface area contributed by atoms with Crippen molar-refractivity contribution in [1.29, 1.82) is 0 Å². The van der Waals surface area contributed by atoms with E-state index < -0.39 is 5.97 Å². The molecule has 0 atom stereocenters. The number of ether oxygens (including phenoxy) is 1. The molecule has 1 aromatic heterocycles. The maximum Gasteiger partial charge on any atom is 0.306 e. The summed E-state index contributed by atoms with van der Waals surface area (Å²) in [5.41, 5.74) is 3.68. The van der Waals surface area contributed by atoms with Crippen LogP contribution in [0.4, 0.5) is 4.39 Å². The van der Waals surface area contributed by atoms with Crippen LogP contribution in [-0.4, -0.2) is 28.5 Å². The summed E-state index contributed by atoms with van der Waals surface area (Å²) in [7, 11) is 0. The van der Waals surface area contributed by atoms with Crippen molar-refractivity contribution >= 4 is 11.8 Å². The maximum absolute atomic E-state index is 13.0. The molecule has 0 aliphatic heterocycles. The highest BCUT2D eigenvalue weighted by Gasteiger charge is 2.16. The number of Topliss-reactive ketones (excluding diaryl/α,β-unsaturated/α-hetero) is 1. The van der Waals surface area contributed by atoms with E-state index in [0.29, 0.717) is 17.0 Å². The zero-order valence-corrected chi connectivity index (χ0v) is 15.7. The van der Waals surface area contributed by atoms with Gasteiger partial charge >= 0.3 is 5.97 Å².